The van der Waals surface area contributed by atoms with Crippen molar-refractivity contribution in [2.24, 2.45) is 0 Å². The highest BCUT2D eigenvalue weighted by atomic mass is 16.6. The van der Waals surface area contributed by atoms with Crippen LogP contribution in [-0.4, -0.2) is 37.2 Å². The second-order valence-corrected chi connectivity index (χ2v) is 15.9. The third kappa shape index (κ3) is 46.9. The van der Waals surface area contributed by atoms with Crippen LogP contribution in [0.5, 0.6) is 0 Å². The number of hydrogen-bond donors (Lipinski definition) is 0. The summed E-state index contributed by atoms with van der Waals surface area (Å²) >= 11 is 0. The van der Waals surface area contributed by atoms with Gasteiger partial charge in [-0.15, -0.1) is 0 Å². The van der Waals surface area contributed by atoms with Gasteiger partial charge in [-0.3, -0.25) is 14.4 Å². The largest absolute Gasteiger partial charge is 0.462 e. The molecule has 0 amide bonds. The molecule has 0 N–H and O–H groups in total. The molecule has 0 aliphatic carbocycles. The molecule has 62 heavy (non-hydrogen) atoms. The van der Waals surface area contributed by atoms with Crippen LogP contribution in [0.3, 0.4) is 0 Å². The Bertz CT molecular complexity index is 1350. The summed E-state index contributed by atoms with van der Waals surface area (Å²) < 4.78 is 16.6. The van der Waals surface area contributed by atoms with Crippen molar-refractivity contribution in [1.82, 2.24) is 0 Å². The van der Waals surface area contributed by atoms with Crippen molar-refractivity contribution in [3.63, 3.8) is 0 Å². The Kier molecular flexibility index (Phi) is 46.1. The van der Waals surface area contributed by atoms with Crippen LogP contribution in [0, 0.1) is 0 Å². The molecule has 0 rings (SSSR count). The monoisotopic (exact) mass is 857 g/mol. The van der Waals surface area contributed by atoms with Crippen molar-refractivity contribution in [3.05, 3.63) is 122 Å². The van der Waals surface area contributed by atoms with Crippen molar-refractivity contribution in [3.8, 4) is 0 Å². The van der Waals surface area contributed by atoms with E-state index in [1.165, 1.54) is 96.3 Å². The molecule has 1 atom stereocenters. The summed E-state index contributed by atoms with van der Waals surface area (Å²) in [5, 5.41) is 0. The van der Waals surface area contributed by atoms with Gasteiger partial charge in [0.15, 0.2) is 6.10 Å². The minimum Gasteiger partial charge on any atom is -0.462 e. The molecular formula is C56H88O6. The Balaban J connectivity index is 4.53. The molecule has 6 heteroatoms. The van der Waals surface area contributed by atoms with Gasteiger partial charge in [0.25, 0.3) is 0 Å². The predicted molar refractivity (Wildman–Crippen MR) is 265 cm³/mol. The van der Waals surface area contributed by atoms with Crippen LogP contribution < -0.4 is 0 Å². The van der Waals surface area contributed by atoms with E-state index in [1.807, 2.05) is 109 Å². The fourth-order valence-corrected chi connectivity index (χ4v) is 6.33. The number of carbonyl (C=O) groups is 3. The van der Waals surface area contributed by atoms with E-state index in [1.54, 1.807) is 0 Å². The van der Waals surface area contributed by atoms with Crippen LogP contribution in [0.1, 0.15) is 194 Å². The molecular weight excluding hydrogens is 769 g/mol. The number of hydrogen-bond acceptors (Lipinski definition) is 6. The lowest BCUT2D eigenvalue weighted by Gasteiger charge is -2.18. The summed E-state index contributed by atoms with van der Waals surface area (Å²) in [6, 6.07) is 0. The molecule has 0 spiro atoms. The van der Waals surface area contributed by atoms with E-state index in [-0.39, 0.29) is 38.0 Å². The molecule has 1 unspecified atom stereocenters. The number of unbranched alkanes of at least 4 members (excludes halogenated alkanes) is 19. The topological polar surface area (TPSA) is 78.9 Å². The second kappa shape index (κ2) is 49.5. The molecule has 0 saturated heterocycles. The number of rotatable bonds is 42. The van der Waals surface area contributed by atoms with Crippen molar-refractivity contribution in [2.75, 3.05) is 13.2 Å². The van der Waals surface area contributed by atoms with Gasteiger partial charge < -0.3 is 14.2 Å². The van der Waals surface area contributed by atoms with Gasteiger partial charge in [-0.05, 0) is 44.9 Å². The Morgan fingerprint density at radius 2 is 0.629 bits per heavy atom. The van der Waals surface area contributed by atoms with Gasteiger partial charge in [-0.25, -0.2) is 0 Å². The molecule has 0 aliphatic rings. The quantitative estimate of drug-likeness (QED) is 0.0263. The zero-order valence-corrected chi connectivity index (χ0v) is 39.6. The van der Waals surface area contributed by atoms with Gasteiger partial charge in [0.05, 0.1) is 0 Å². The van der Waals surface area contributed by atoms with Crippen molar-refractivity contribution < 1.29 is 28.6 Å². The smallest absolute Gasteiger partial charge is 0.306 e. The number of allylic oxidation sites excluding steroid dienone is 20. The van der Waals surface area contributed by atoms with Crippen LogP contribution in [0.25, 0.3) is 0 Å². The first-order valence-corrected chi connectivity index (χ1v) is 24.7. The van der Waals surface area contributed by atoms with E-state index in [2.05, 4.69) is 32.9 Å². The van der Waals surface area contributed by atoms with Crippen molar-refractivity contribution in [2.45, 2.75) is 200 Å². The molecule has 0 aromatic heterocycles. The molecule has 0 fully saturated rings. The van der Waals surface area contributed by atoms with Crippen molar-refractivity contribution in [1.29, 1.82) is 0 Å². The van der Waals surface area contributed by atoms with Gasteiger partial charge in [0.1, 0.15) is 13.2 Å². The normalized spacial score (nSPS) is 13.1. The first kappa shape index (κ1) is 57.8. The Labute approximate surface area is 380 Å². The van der Waals surface area contributed by atoms with E-state index >= 15 is 0 Å². The van der Waals surface area contributed by atoms with E-state index in [0.29, 0.717) is 25.7 Å². The lowest BCUT2D eigenvalue weighted by atomic mass is 10.0. The van der Waals surface area contributed by atoms with Crippen LogP contribution in [0.4, 0.5) is 0 Å². The second-order valence-electron chi connectivity index (χ2n) is 15.9. The summed E-state index contributed by atoms with van der Waals surface area (Å²) in [4.78, 5) is 37.8. The average molecular weight is 857 g/mol. The number of ether oxygens (including phenoxy) is 3. The molecule has 0 saturated carbocycles. The molecule has 0 bridgehead atoms. The van der Waals surface area contributed by atoms with Crippen LogP contribution in [-0.2, 0) is 28.6 Å². The molecule has 348 valence electrons. The summed E-state index contributed by atoms with van der Waals surface area (Å²) in [6.07, 6.45) is 67.8. The summed E-state index contributed by atoms with van der Waals surface area (Å²) in [6.45, 7) is 6.21. The number of esters is 3. The van der Waals surface area contributed by atoms with Gasteiger partial charge in [-0.2, -0.15) is 0 Å². The maximum absolute atomic E-state index is 12.7. The van der Waals surface area contributed by atoms with Crippen LogP contribution >= 0.6 is 0 Å². The molecule has 0 aliphatic heterocycles. The van der Waals surface area contributed by atoms with Gasteiger partial charge in [0, 0.05) is 19.3 Å². The lowest BCUT2D eigenvalue weighted by molar-refractivity contribution is -0.167. The lowest BCUT2D eigenvalue weighted by Crippen LogP contribution is -2.30. The SMILES string of the molecule is CC/C=C/C=C/C=C/C=C/C=C/CCCC(=O)OCC(COC(=O)CCCCCCCCCCCCCCCCCCCC)OC(=O)CCC/C=C/C=C/C=C/C=C/C=C/CC. The highest BCUT2D eigenvalue weighted by molar-refractivity contribution is 5.71. The van der Waals surface area contributed by atoms with Crippen molar-refractivity contribution >= 4 is 17.9 Å². The third-order valence-corrected chi connectivity index (χ3v) is 9.97. The standard InChI is InChI=1S/C56H88O6/c1-4-7-10-13-16-19-22-25-26-27-28-29-32-34-37-40-43-46-49-55(58)61-52-53(62-56(59)50-47-44-41-38-35-31-24-21-18-15-12-9-6-3)51-60-54(57)48-45-42-39-36-33-30-23-20-17-14-11-8-5-2/h8-9,11-12,14-15,17-18,20-21,23-24,30-31,33,35-36,38-39,41,53H,4-7,10,13,16,19,22,25-29,32,34,37,40,42-52H2,1-3H3/b11-8+,12-9+,17-14+,18-15+,23-20+,24-21+,33-30+,35-31+,39-36+,41-38+. The fraction of sp³-hybridized carbons (Fsp3) is 0.589. The Morgan fingerprint density at radius 1 is 0.339 bits per heavy atom. The van der Waals surface area contributed by atoms with Crippen LogP contribution in [0.2, 0.25) is 0 Å². The molecule has 0 heterocycles. The third-order valence-electron chi connectivity index (χ3n) is 9.97. The average Bonchev–Trinajstić information content (AvgIpc) is 3.27. The first-order chi connectivity index (χ1) is 30.5. The maximum atomic E-state index is 12.7. The Hall–Kier alpha value is -4.19. The molecule has 0 aromatic carbocycles. The van der Waals surface area contributed by atoms with E-state index < -0.39 is 12.1 Å². The van der Waals surface area contributed by atoms with Gasteiger partial charge in [0.2, 0.25) is 0 Å². The first-order valence-electron chi connectivity index (χ1n) is 24.7. The molecule has 0 aromatic rings. The summed E-state index contributed by atoms with van der Waals surface area (Å²) in [7, 11) is 0. The predicted octanol–water partition coefficient (Wildman–Crippen LogP) is 16.1. The Morgan fingerprint density at radius 3 is 0.984 bits per heavy atom. The minimum atomic E-state index is -0.844. The summed E-state index contributed by atoms with van der Waals surface area (Å²) in [5.41, 5.74) is 0. The zero-order chi connectivity index (χ0) is 45.1. The number of carbonyl (C=O) groups excluding carboxylic acids is 3. The van der Waals surface area contributed by atoms with E-state index in [4.69, 9.17) is 14.2 Å². The minimum absolute atomic E-state index is 0.131. The van der Waals surface area contributed by atoms with E-state index in [9.17, 15) is 14.4 Å². The van der Waals surface area contributed by atoms with Gasteiger partial charge >= 0.3 is 17.9 Å². The molecule has 0 radical (unpaired) electrons. The highest BCUT2D eigenvalue weighted by Crippen LogP contribution is 2.15. The fourth-order valence-electron chi connectivity index (χ4n) is 6.33. The maximum Gasteiger partial charge on any atom is 0.306 e. The van der Waals surface area contributed by atoms with E-state index in [0.717, 1.165) is 38.5 Å². The zero-order valence-electron chi connectivity index (χ0n) is 39.6. The van der Waals surface area contributed by atoms with Gasteiger partial charge in [-0.1, -0.05) is 251 Å². The van der Waals surface area contributed by atoms with Crippen LogP contribution in [0.15, 0.2) is 122 Å². The summed E-state index contributed by atoms with van der Waals surface area (Å²) in [5.74, 6) is -1.09. The highest BCUT2D eigenvalue weighted by Gasteiger charge is 2.19. The molecule has 6 nitrogen and oxygen atoms in total.